The Kier molecular flexibility index (Phi) is 13.3. The van der Waals surface area contributed by atoms with E-state index >= 15 is 0 Å². The molecule has 0 radical (unpaired) electrons. The summed E-state index contributed by atoms with van der Waals surface area (Å²) in [5.74, 6) is 0.968. The summed E-state index contributed by atoms with van der Waals surface area (Å²) in [5.41, 5.74) is 3.76. The van der Waals surface area contributed by atoms with E-state index in [1.165, 1.54) is 32.1 Å². The van der Waals surface area contributed by atoms with E-state index in [4.69, 9.17) is 14.2 Å². The minimum atomic E-state index is -0.366. The second-order valence-corrected chi connectivity index (χ2v) is 10.4. The Bertz CT molecular complexity index is 1150. The lowest BCUT2D eigenvalue weighted by Gasteiger charge is -2.10. The Balaban J connectivity index is 1.39. The highest BCUT2D eigenvalue weighted by atomic mass is 16.5. The highest BCUT2D eigenvalue weighted by molar-refractivity contribution is 5.89. The van der Waals surface area contributed by atoms with Gasteiger partial charge in [0.2, 0.25) is 0 Å². The summed E-state index contributed by atoms with van der Waals surface area (Å²) in [6, 6.07) is 22.9. The normalized spacial score (nSPS) is 11.6. The second-order valence-electron chi connectivity index (χ2n) is 10.4. The maximum atomic E-state index is 12.4. The summed E-state index contributed by atoms with van der Waals surface area (Å²) in [5, 5.41) is 0. The van der Waals surface area contributed by atoms with Gasteiger partial charge in [0.15, 0.2) is 0 Å². The zero-order valence-corrected chi connectivity index (χ0v) is 24.3. The van der Waals surface area contributed by atoms with Gasteiger partial charge < -0.3 is 14.2 Å². The fourth-order valence-corrected chi connectivity index (χ4v) is 4.19. The molecule has 0 fully saturated rings. The SMILES string of the molecule is CCCCCCCCOc1ccc(-c2ccc(CCC(=O)Oc3ccc(C(=O)OCC(C)CC)cc3)cc2)cc1. The predicted molar refractivity (Wildman–Crippen MR) is 161 cm³/mol. The number of carbonyl (C=O) groups is 2. The number of aryl methyl sites for hydroxylation is 1. The minimum Gasteiger partial charge on any atom is -0.494 e. The number of hydrogen-bond acceptors (Lipinski definition) is 5. The highest BCUT2D eigenvalue weighted by Gasteiger charge is 2.11. The summed E-state index contributed by atoms with van der Waals surface area (Å²) in [7, 11) is 0. The van der Waals surface area contributed by atoms with Crippen LogP contribution in [0.5, 0.6) is 11.5 Å². The third kappa shape index (κ3) is 10.9. The maximum absolute atomic E-state index is 12.4. The molecule has 0 heterocycles. The number of esters is 2. The average Bonchev–Trinajstić information content (AvgIpc) is 2.99. The fourth-order valence-electron chi connectivity index (χ4n) is 4.19. The van der Waals surface area contributed by atoms with Gasteiger partial charge in [-0.25, -0.2) is 4.79 Å². The van der Waals surface area contributed by atoms with Gasteiger partial charge in [0.1, 0.15) is 11.5 Å². The van der Waals surface area contributed by atoms with Crippen molar-refractivity contribution in [2.24, 2.45) is 5.92 Å². The van der Waals surface area contributed by atoms with Crippen LogP contribution in [0.2, 0.25) is 0 Å². The van der Waals surface area contributed by atoms with Crippen LogP contribution in [0.15, 0.2) is 72.8 Å². The van der Waals surface area contributed by atoms with Crippen LogP contribution in [0.4, 0.5) is 0 Å². The van der Waals surface area contributed by atoms with Crippen LogP contribution in [-0.2, 0) is 16.0 Å². The van der Waals surface area contributed by atoms with Crippen molar-refractivity contribution >= 4 is 11.9 Å². The molecule has 0 aliphatic heterocycles. The summed E-state index contributed by atoms with van der Waals surface area (Å²) in [4.78, 5) is 24.5. The van der Waals surface area contributed by atoms with E-state index in [0.29, 0.717) is 30.3 Å². The first kappa shape index (κ1) is 30.9. The van der Waals surface area contributed by atoms with Crippen LogP contribution >= 0.6 is 0 Å². The third-order valence-electron chi connectivity index (χ3n) is 7.04. The molecule has 214 valence electrons. The molecule has 0 amide bonds. The Morgan fingerprint density at radius 2 is 1.32 bits per heavy atom. The molecule has 1 atom stereocenters. The van der Waals surface area contributed by atoms with Gasteiger partial charge in [0, 0.05) is 6.42 Å². The van der Waals surface area contributed by atoms with E-state index in [2.05, 4.69) is 38.1 Å². The van der Waals surface area contributed by atoms with Crippen molar-refractivity contribution in [3.05, 3.63) is 83.9 Å². The Hall–Kier alpha value is -3.60. The van der Waals surface area contributed by atoms with Crippen molar-refractivity contribution in [1.29, 1.82) is 0 Å². The van der Waals surface area contributed by atoms with Gasteiger partial charge >= 0.3 is 11.9 Å². The average molecular weight is 545 g/mol. The van der Waals surface area contributed by atoms with E-state index in [0.717, 1.165) is 41.9 Å². The molecular formula is C35H44O5. The first-order valence-electron chi connectivity index (χ1n) is 14.8. The van der Waals surface area contributed by atoms with Gasteiger partial charge in [-0.2, -0.15) is 0 Å². The van der Waals surface area contributed by atoms with Gasteiger partial charge in [-0.15, -0.1) is 0 Å². The quantitative estimate of drug-likeness (QED) is 0.0965. The molecule has 3 aromatic rings. The topological polar surface area (TPSA) is 61.8 Å². The van der Waals surface area contributed by atoms with Crippen molar-refractivity contribution in [3.8, 4) is 22.6 Å². The summed E-state index contributed by atoms with van der Waals surface area (Å²) in [6.45, 7) is 7.50. The van der Waals surface area contributed by atoms with Crippen LogP contribution in [0.25, 0.3) is 11.1 Å². The summed E-state index contributed by atoms with van der Waals surface area (Å²) < 4.78 is 16.6. The van der Waals surface area contributed by atoms with E-state index in [1.807, 2.05) is 31.2 Å². The Labute approximate surface area is 239 Å². The van der Waals surface area contributed by atoms with Gasteiger partial charge in [-0.1, -0.05) is 95.7 Å². The van der Waals surface area contributed by atoms with Crippen molar-refractivity contribution in [3.63, 3.8) is 0 Å². The van der Waals surface area contributed by atoms with Gasteiger partial charge in [0.25, 0.3) is 0 Å². The number of rotatable bonds is 17. The number of benzene rings is 3. The Morgan fingerprint density at radius 1 is 0.725 bits per heavy atom. The largest absolute Gasteiger partial charge is 0.494 e. The third-order valence-corrected chi connectivity index (χ3v) is 7.04. The second kappa shape index (κ2) is 17.2. The van der Waals surface area contributed by atoms with Crippen molar-refractivity contribution < 1.29 is 23.8 Å². The molecule has 0 saturated carbocycles. The molecular weight excluding hydrogens is 500 g/mol. The number of ether oxygens (including phenoxy) is 3. The van der Waals surface area contributed by atoms with Gasteiger partial charge in [-0.05, 0) is 71.8 Å². The molecule has 0 saturated heterocycles. The van der Waals surface area contributed by atoms with Gasteiger partial charge in [0.05, 0.1) is 18.8 Å². The zero-order chi connectivity index (χ0) is 28.6. The van der Waals surface area contributed by atoms with Crippen LogP contribution in [0, 0.1) is 5.92 Å². The lowest BCUT2D eigenvalue weighted by atomic mass is 10.0. The standard InChI is InChI=1S/C35H44O5/c1-4-6-7-8-9-10-25-38-32-20-16-30(17-21-32)29-14-11-28(12-15-29)13-24-34(36)40-33-22-18-31(19-23-33)35(37)39-26-27(3)5-2/h11-12,14-23,27H,4-10,13,24-26H2,1-3H3. The van der Waals surface area contributed by atoms with E-state index in [-0.39, 0.29) is 18.4 Å². The van der Waals surface area contributed by atoms with Crippen molar-refractivity contribution in [2.45, 2.75) is 78.6 Å². The van der Waals surface area contributed by atoms with E-state index in [1.54, 1.807) is 24.3 Å². The van der Waals surface area contributed by atoms with Crippen LogP contribution in [0.1, 0.15) is 88.1 Å². The van der Waals surface area contributed by atoms with Gasteiger partial charge in [-0.3, -0.25) is 4.79 Å². The molecule has 0 aliphatic rings. The van der Waals surface area contributed by atoms with Crippen LogP contribution < -0.4 is 9.47 Å². The lowest BCUT2D eigenvalue weighted by molar-refractivity contribution is -0.134. The van der Waals surface area contributed by atoms with E-state index < -0.39 is 0 Å². The predicted octanol–water partition coefficient (Wildman–Crippen LogP) is 8.83. The maximum Gasteiger partial charge on any atom is 0.338 e. The number of unbranched alkanes of at least 4 members (excludes halogenated alkanes) is 5. The molecule has 5 heteroatoms. The fraction of sp³-hybridized carbons (Fsp3) is 0.429. The molecule has 3 aromatic carbocycles. The van der Waals surface area contributed by atoms with Crippen LogP contribution in [-0.4, -0.2) is 25.2 Å². The summed E-state index contributed by atoms with van der Waals surface area (Å²) >= 11 is 0. The molecule has 0 bridgehead atoms. The number of carbonyl (C=O) groups excluding carboxylic acids is 2. The van der Waals surface area contributed by atoms with Crippen molar-refractivity contribution in [2.75, 3.05) is 13.2 Å². The van der Waals surface area contributed by atoms with E-state index in [9.17, 15) is 9.59 Å². The molecule has 0 aromatic heterocycles. The molecule has 0 aliphatic carbocycles. The molecule has 3 rings (SSSR count). The molecule has 1 unspecified atom stereocenters. The molecule has 0 spiro atoms. The van der Waals surface area contributed by atoms with Crippen LogP contribution in [0.3, 0.4) is 0 Å². The molecule has 40 heavy (non-hydrogen) atoms. The summed E-state index contributed by atoms with van der Waals surface area (Å²) in [6.07, 6.45) is 9.35. The first-order valence-corrected chi connectivity index (χ1v) is 14.8. The zero-order valence-electron chi connectivity index (χ0n) is 24.3. The molecule has 5 nitrogen and oxygen atoms in total. The minimum absolute atomic E-state index is 0.267. The molecule has 0 N–H and O–H groups in total. The lowest BCUT2D eigenvalue weighted by Crippen LogP contribution is -2.12. The monoisotopic (exact) mass is 544 g/mol. The smallest absolute Gasteiger partial charge is 0.338 e. The highest BCUT2D eigenvalue weighted by Crippen LogP contribution is 2.24. The van der Waals surface area contributed by atoms with Crippen molar-refractivity contribution in [1.82, 2.24) is 0 Å². The Morgan fingerprint density at radius 3 is 1.98 bits per heavy atom. The number of hydrogen-bond donors (Lipinski definition) is 0. The first-order chi connectivity index (χ1) is 19.5.